The minimum Gasteiger partial charge on any atom is -0.486 e. The molecule has 4 fully saturated rings. The zero-order chi connectivity index (χ0) is 29.1. The number of benzene rings is 2. The molecule has 4 aliphatic rings. The van der Waals surface area contributed by atoms with Crippen LogP contribution in [0.2, 0.25) is 0 Å². The first-order chi connectivity index (χ1) is 19.5. The van der Waals surface area contributed by atoms with E-state index >= 15 is 0 Å². The van der Waals surface area contributed by atoms with Crippen molar-refractivity contribution in [2.24, 2.45) is 29.6 Å². The van der Waals surface area contributed by atoms with Gasteiger partial charge in [0, 0.05) is 11.8 Å². The predicted octanol–water partition coefficient (Wildman–Crippen LogP) is 5.99. The third-order valence-corrected chi connectivity index (χ3v) is 9.36. The van der Waals surface area contributed by atoms with E-state index in [1.54, 1.807) is 30.3 Å². The minimum atomic E-state index is -4.68. The molecule has 10 heteroatoms. The Hall–Kier alpha value is -3.56. The Kier molecular flexibility index (Phi) is 6.77. The maximum atomic E-state index is 13.9. The van der Waals surface area contributed by atoms with Gasteiger partial charge in [0.1, 0.15) is 29.3 Å². The summed E-state index contributed by atoms with van der Waals surface area (Å²) in [5.41, 5.74) is -1.83. The van der Waals surface area contributed by atoms with Crippen LogP contribution >= 0.6 is 0 Å². The van der Waals surface area contributed by atoms with Crippen LogP contribution in [-0.2, 0) is 25.2 Å². The molecule has 6 unspecified atom stereocenters. The number of carbonyl (C=O) groups is 3. The van der Waals surface area contributed by atoms with Crippen molar-refractivity contribution in [3.8, 4) is 11.5 Å². The van der Waals surface area contributed by atoms with Gasteiger partial charge in [0.05, 0.1) is 23.0 Å². The molecule has 218 valence electrons. The van der Waals surface area contributed by atoms with Crippen LogP contribution in [0.5, 0.6) is 11.5 Å². The summed E-state index contributed by atoms with van der Waals surface area (Å²) >= 11 is 0. The monoisotopic (exact) mass is 572 g/mol. The number of carbonyl (C=O) groups excluding carboxylic acids is 3. The molecule has 0 amide bonds. The lowest BCUT2D eigenvalue weighted by Crippen LogP contribution is -2.44. The van der Waals surface area contributed by atoms with Crippen molar-refractivity contribution in [2.75, 3.05) is 0 Å². The first kappa shape index (κ1) is 27.6. The topological polar surface area (TPSA) is 88.1 Å². The van der Waals surface area contributed by atoms with Crippen LogP contribution in [0.3, 0.4) is 0 Å². The third kappa shape index (κ3) is 4.75. The summed E-state index contributed by atoms with van der Waals surface area (Å²) in [6, 6.07) is 11.4. The molecule has 2 bridgehead atoms. The molecule has 7 nitrogen and oxygen atoms in total. The fraction of sp³-hybridized carbons (Fsp3) is 0.516. The van der Waals surface area contributed by atoms with Crippen molar-refractivity contribution in [2.45, 2.75) is 69.9 Å². The molecule has 0 radical (unpaired) electrons. The van der Waals surface area contributed by atoms with Crippen molar-refractivity contribution < 1.29 is 46.5 Å². The van der Waals surface area contributed by atoms with E-state index in [0.29, 0.717) is 25.0 Å². The Bertz CT molecular complexity index is 1350. The first-order valence-electron chi connectivity index (χ1n) is 14.1. The van der Waals surface area contributed by atoms with E-state index in [1.807, 2.05) is 13.8 Å². The number of halogens is 3. The fourth-order valence-corrected chi connectivity index (χ4v) is 7.29. The van der Waals surface area contributed by atoms with E-state index in [2.05, 4.69) is 0 Å². The minimum absolute atomic E-state index is 0.0340. The SMILES string of the molecule is CC(C)C1(Oc2cc(C(=O)OC3C4CC5C3OC(=O)C5C4C(=O)Oc3ccccc3)ccc2C(F)(F)F)CCCC1. The molecule has 1 heterocycles. The maximum absolute atomic E-state index is 13.9. The van der Waals surface area contributed by atoms with Crippen molar-refractivity contribution in [3.63, 3.8) is 0 Å². The number of alkyl halides is 3. The molecule has 0 N–H and O–H groups in total. The van der Waals surface area contributed by atoms with Crippen LogP contribution in [0.25, 0.3) is 0 Å². The molecular formula is C31H31F3O7. The van der Waals surface area contributed by atoms with Gasteiger partial charge in [0.25, 0.3) is 0 Å². The molecule has 6 rings (SSSR count). The van der Waals surface area contributed by atoms with Gasteiger partial charge < -0.3 is 18.9 Å². The molecule has 2 aromatic carbocycles. The van der Waals surface area contributed by atoms with Crippen LogP contribution in [-0.4, -0.2) is 35.7 Å². The van der Waals surface area contributed by atoms with Crippen LogP contribution in [0, 0.1) is 29.6 Å². The summed E-state index contributed by atoms with van der Waals surface area (Å²) < 4.78 is 64.8. The summed E-state index contributed by atoms with van der Waals surface area (Å²) in [4.78, 5) is 39.2. The quantitative estimate of drug-likeness (QED) is 0.297. The molecule has 0 aromatic heterocycles. The molecule has 41 heavy (non-hydrogen) atoms. The van der Waals surface area contributed by atoms with E-state index in [-0.39, 0.29) is 17.4 Å². The molecule has 0 spiro atoms. The number of rotatable bonds is 7. The van der Waals surface area contributed by atoms with Crippen molar-refractivity contribution in [1.82, 2.24) is 0 Å². The predicted molar refractivity (Wildman–Crippen MR) is 138 cm³/mol. The van der Waals surface area contributed by atoms with Crippen molar-refractivity contribution in [3.05, 3.63) is 59.7 Å². The van der Waals surface area contributed by atoms with Gasteiger partial charge in [0.15, 0.2) is 0 Å². The molecule has 6 atom stereocenters. The van der Waals surface area contributed by atoms with Crippen LogP contribution in [0.4, 0.5) is 13.2 Å². The fourth-order valence-electron chi connectivity index (χ4n) is 7.29. The second-order valence-corrected chi connectivity index (χ2v) is 11.9. The smallest absolute Gasteiger partial charge is 0.419 e. The second kappa shape index (κ2) is 10.1. The van der Waals surface area contributed by atoms with E-state index in [4.69, 9.17) is 18.9 Å². The summed E-state index contributed by atoms with van der Waals surface area (Å²) in [6.45, 7) is 3.84. The molecule has 1 saturated heterocycles. The van der Waals surface area contributed by atoms with E-state index in [0.717, 1.165) is 31.0 Å². The zero-order valence-electron chi connectivity index (χ0n) is 22.7. The Morgan fingerprint density at radius 2 is 1.73 bits per heavy atom. The van der Waals surface area contributed by atoms with Crippen LogP contribution in [0.1, 0.15) is 61.9 Å². The second-order valence-electron chi connectivity index (χ2n) is 11.9. The van der Waals surface area contributed by atoms with Gasteiger partial charge in [-0.25, -0.2) is 4.79 Å². The van der Waals surface area contributed by atoms with Gasteiger partial charge in [-0.05, 0) is 68.4 Å². The van der Waals surface area contributed by atoms with Gasteiger partial charge in [-0.1, -0.05) is 32.0 Å². The van der Waals surface area contributed by atoms with Gasteiger partial charge >= 0.3 is 24.1 Å². The Morgan fingerprint density at radius 1 is 1.02 bits per heavy atom. The van der Waals surface area contributed by atoms with Gasteiger partial charge in [0.2, 0.25) is 0 Å². The Labute approximate surface area is 235 Å². The number of hydrogen-bond donors (Lipinski definition) is 0. The molecule has 1 aliphatic heterocycles. The van der Waals surface area contributed by atoms with Gasteiger partial charge in [-0.3, -0.25) is 9.59 Å². The van der Waals surface area contributed by atoms with Gasteiger partial charge in [-0.2, -0.15) is 13.2 Å². The van der Waals surface area contributed by atoms with Crippen LogP contribution in [0.15, 0.2) is 48.5 Å². The highest BCUT2D eigenvalue weighted by Gasteiger charge is 2.70. The number of hydrogen-bond acceptors (Lipinski definition) is 7. The van der Waals surface area contributed by atoms with E-state index in [9.17, 15) is 27.6 Å². The largest absolute Gasteiger partial charge is 0.486 e. The molecular weight excluding hydrogens is 541 g/mol. The molecule has 3 saturated carbocycles. The van der Waals surface area contributed by atoms with E-state index < -0.39 is 71.0 Å². The number of esters is 3. The lowest BCUT2D eigenvalue weighted by atomic mass is 9.78. The van der Waals surface area contributed by atoms with Crippen molar-refractivity contribution >= 4 is 17.9 Å². The normalized spacial score (nSPS) is 29.5. The zero-order valence-corrected chi connectivity index (χ0v) is 22.7. The van der Waals surface area contributed by atoms with E-state index in [1.165, 1.54) is 0 Å². The average molecular weight is 573 g/mol. The summed E-state index contributed by atoms with van der Waals surface area (Å²) in [7, 11) is 0. The lowest BCUT2D eigenvalue weighted by Gasteiger charge is -2.35. The summed E-state index contributed by atoms with van der Waals surface area (Å²) in [5.74, 6) is -4.49. The number of fused-ring (bicyclic) bond motifs is 1. The lowest BCUT2D eigenvalue weighted by molar-refractivity contribution is -0.149. The molecule has 3 aliphatic carbocycles. The highest BCUT2D eigenvalue weighted by Crippen LogP contribution is 2.59. The Morgan fingerprint density at radius 3 is 2.39 bits per heavy atom. The maximum Gasteiger partial charge on any atom is 0.419 e. The average Bonchev–Trinajstić information content (AvgIpc) is 3.67. The Balaban J connectivity index is 1.25. The van der Waals surface area contributed by atoms with Gasteiger partial charge in [-0.15, -0.1) is 0 Å². The highest BCUT2D eigenvalue weighted by molar-refractivity contribution is 5.91. The third-order valence-electron chi connectivity index (χ3n) is 9.36. The van der Waals surface area contributed by atoms with Crippen LogP contribution < -0.4 is 9.47 Å². The number of para-hydroxylation sites is 1. The standard InChI is InChI=1S/C31H31F3O7/c1-16(2)30(12-6-7-13-30)41-22-14-17(10-11-21(22)31(32,33)34)27(35)39-25-19-15-20-24(29(37)40-26(20)25)23(19)28(36)38-18-8-4-3-5-9-18/h3-5,8-11,14,16,19-20,23-26H,6-7,12-13,15H2,1-2H3. The molecule has 2 aromatic rings. The first-order valence-corrected chi connectivity index (χ1v) is 14.1. The summed E-state index contributed by atoms with van der Waals surface area (Å²) in [5, 5.41) is 0. The van der Waals surface area contributed by atoms with Crippen molar-refractivity contribution in [1.29, 1.82) is 0 Å². The highest BCUT2D eigenvalue weighted by atomic mass is 19.4. The summed E-state index contributed by atoms with van der Waals surface area (Å²) in [6.07, 6.45) is -2.94. The number of ether oxygens (including phenoxy) is 4.